The molecule has 132 valence electrons. The van der Waals surface area contributed by atoms with Crippen LogP contribution < -0.4 is 5.32 Å². The van der Waals surface area contributed by atoms with Gasteiger partial charge in [0.2, 0.25) is 0 Å². The summed E-state index contributed by atoms with van der Waals surface area (Å²) in [6, 6.07) is 7.54. The van der Waals surface area contributed by atoms with Gasteiger partial charge in [-0.25, -0.2) is 4.68 Å². The first-order valence-electron chi connectivity index (χ1n) is 8.05. The molecule has 0 aliphatic heterocycles. The zero-order valence-corrected chi connectivity index (χ0v) is 16.5. The number of hydrogen-bond acceptors (Lipinski definition) is 3. The number of nitrogens with one attached hydrogen (secondary N) is 1. The van der Waals surface area contributed by atoms with Gasteiger partial charge in [0.15, 0.2) is 0 Å². The van der Waals surface area contributed by atoms with Crippen molar-refractivity contribution in [1.82, 2.24) is 20.0 Å². The fourth-order valence-electron chi connectivity index (χ4n) is 2.95. The number of aryl methyl sites for hydroxylation is 1. The van der Waals surface area contributed by atoms with Crippen molar-refractivity contribution in [2.75, 3.05) is 27.2 Å². The van der Waals surface area contributed by atoms with Crippen LogP contribution in [0.15, 0.2) is 24.3 Å². The molecule has 0 bridgehead atoms. The van der Waals surface area contributed by atoms with Gasteiger partial charge < -0.3 is 10.2 Å². The molecule has 0 saturated heterocycles. The smallest absolute Gasteiger partial charge is 0.137 e. The molecule has 1 heterocycles. The third kappa shape index (κ3) is 4.96. The van der Waals surface area contributed by atoms with Gasteiger partial charge in [-0.15, -0.1) is 0 Å². The molecule has 1 aromatic heterocycles. The lowest BCUT2D eigenvalue weighted by molar-refractivity contribution is 0.232. The van der Waals surface area contributed by atoms with Crippen LogP contribution >= 0.6 is 23.2 Å². The highest BCUT2D eigenvalue weighted by atomic mass is 35.5. The highest BCUT2D eigenvalue weighted by Crippen LogP contribution is 2.25. The zero-order chi connectivity index (χ0) is 17.9. The Morgan fingerprint density at radius 2 is 1.96 bits per heavy atom. The fourth-order valence-corrected chi connectivity index (χ4v) is 3.47. The van der Waals surface area contributed by atoms with E-state index in [4.69, 9.17) is 23.2 Å². The van der Waals surface area contributed by atoms with E-state index in [0.29, 0.717) is 16.7 Å². The van der Waals surface area contributed by atoms with Crippen LogP contribution in [0.25, 0.3) is 5.69 Å². The van der Waals surface area contributed by atoms with Gasteiger partial charge in [0, 0.05) is 30.2 Å². The van der Waals surface area contributed by atoms with Crippen LogP contribution in [0.2, 0.25) is 10.2 Å². The highest BCUT2D eigenvalue weighted by molar-refractivity contribution is 6.31. The Kier molecular flexibility index (Phi) is 6.32. The summed E-state index contributed by atoms with van der Waals surface area (Å²) < 4.78 is 1.74. The van der Waals surface area contributed by atoms with Crippen molar-refractivity contribution in [2.24, 2.45) is 5.41 Å². The van der Waals surface area contributed by atoms with E-state index in [1.165, 1.54) is 0 Å². The molecular formula is C18H26Cl2N4. The van der Waals surface area contributed by atoms with E-state index in [-0.39, 0.29) is 5.41 Å². The molecule has 2 rings (SSSR count). The summed E-state index contributed by atoms with van der Waals surface area (Å²) in [5, 5.41) is 9.38. The Morgan fingerprint density at radius 3 is 2.58 bits per heavy atom. The molecule has 0 fully saturated rings. The summed E-state index contributed by atoms with van der Waals surface area (Å²) in [4.78, 5) is 2.21. The van der Waals surface area contributed by atoms with Gasteiger partial charge in [-0.1, -0.05) is 43.1 Å². The Morgan fingerprint density at radius 1 is 1.25 bits per heavy atom. The van der Waals surface area contributed by atoms with Crippen molar-refractivity contribution < 1.29 is 0 Å². The molecule has 0 spiro atoms. The molecule has 2 aromatic rings. The van der Waals surface area contributed by atoms with E-state index < -0.39 is 0 Å². The Balaban J connectivity index is 2.10. The molecule has 0 saturated carbocycles. The molecule has 24 heavy (non-hydrogen) atoms. The molecule has 0 amide bonds. The molecule has 6 heteroatoms. The predicted molar refractivity (Wildman–Crippen MR) is 102 cm³/mol. The van der Waals surface area contributed by atoms with Gasteiger partial charge in [-0.05, 0) is 44.6 Å². The Hall–Kier alpha value is -1.07. The largest absolute Gasteiger partial charge is 0.312 e. The van der Waals surface area contributed by atoms with Crippen LogP contribution in [0.5, 0.6) is 0 Å². The van der Waals surface area contributed by atoms with Crippen molar-refractivity contribution in [3.05, 3.63) is 45.7 Å². The molecule has 0 aliphatic rings. The van der Waals surface area contributed by atoms with Crippen molar-refractivity contribution in [1.29, 1.82) is 0 Å². The first-order chi connectivity index (χ1) is 11.2. The minimum atomic E-state index is 0.187. The van der Waals surface area contributed by atoms with Crippen LogP contribution in [0.4, 0.5) is 0 Å². The maximum Gasteiger partial charge on any atom is 0.137 e. The van der Waals surface area contributed by atoms with Gasteiger partial charge in [0.05, 0.1) is 11.4 Å². The van der Waals surface area contributed by atoms with Crippen LogP contribution in [-0.2, 0) is 6.54 Å². The van der Waals surface area contributed by atoms with Gasteiger partial charge in [-0.2, -0.15) is 5.10 Å². The number of nitrogens with zero attached hydrogens (tertiary/aromatic N) is 3. The highest BCUT2D eigenvalue weighted by Gasteiger charge is 2.20. The molecule has 0 atom stereocenters. The van der Waals surface area contributed by atoms with Gasteiger partial charge >= 0.3 is 0 Å². The molecule has 0 aliphatic carbocycles. The van der Waals surface area contributed by atoms with E-state index >= 15 is 0 Å². The maximum atomic E-state index is 6.56. The van der Waals surface area contributed by atoms with Gasteiger partial charge in [0.1, 0.15) is 5.15 Å². The van der Waals surface area contributed by atoms with Crippen molar-refractivity contribution >= 4 is 23.2 Å². The van der Waals surface area contributed by atoms with Crippen LogP contribution in [-0.4, -0.2) is 41.9 Å². The fraction of sp³-hybridized carbons (Fsp3) is 0.500. The number of rotatable bonds is 7. The second-order valence-corrected chi connectivity index (χ2v) is 8.05. The molecule has 1 N–H and O–H groups in total. The normalized spacial score (nSPS) is 12.2. The summed E-state index contributed by atoms with van der Waals surface area (Å²) in [5.74, 6) is 0. The molecule has 0 radical (unpaired) electrons. The van der Waals surface area contributed by atoms with Crippen molar-refractivity contribution in [2.45, 2.75) is 27.3 Å². The molecule has 4 nitrogen and oxygen atoms in total. The second kappa shape index (κ2) is 7.87. The Bertz CT molecular complexity index is 692. The maximum absolute atomic E-state index is 6.56. The minimum absolute atomic E-state index is 0.187. The van der Waals surface area contributed by atoms with E-state index in [9.17, 15) is 0 Å². The number of halogens is 2. The van der Waals surface area contributed by atoms with E-state index in [1.54, 1.807) is 4.68 Å². The van der Waals surface area contributed by atoms with Gasteiger partial charge in [-0.3, -0.25) is 0 Å². The topological polar surface area (TPSA) is 33.1 Å². The van der Waals surface area contributed by atoms with Crippen LogP contribution in [0, 0.1) is 12.3 Å². The van der Waals surface area contributed by atoms with Crippen molar-refractivity contribution in [3.63, 3.8) is 0 Å². The monoisotopic (exact) mass is 368 g/mol. The first-order valence-corrected chi connectivity index (χ1v) is 8.80. The summed E-state index contributed by atoms with van der Waals surface area (Å²) in [6.45, 7) is 9.11. The standard InChI is InChI=1S/C18H26Cl2N4/c1-13-16(10-21-11-18(2,3)12-23(4)5)17(20)24(22-13)15-8-6-7-14(19)9-15/h6-9,21H,10-12H2,1-5H3. The summed E-state index contributed by atoms with van der Waals surface area (Å²) in [6.07, 6.45) is 0. The SMILES string of the molecule is Cc1nn(-c2cccc(Cl)c2)c(Cl)c1CNCC(C)(C)CN(C)C. The second-order valence-electron chi connectivity index (χ2n) is 7.25. The minimum Gasteiger partial charge on any atom is -0.312 e. The predicted octanol–water partition coefficient (Wildman–Crippen LogP) is 4.16. The lowest BCUT2D eigenvalue weighted by atomic mass is 9.93. The first kappa shape index (κ1) is 19.3. The lowest BCUT2D eigenvalue weighted by Gasteiger charge is -2.28. The number of aromatic nitrogens is 2. The molecule has 0 unspecified atom stereocenters. The number of benzene rings is 1. The van der Waals surface area contributed by atoms with E-state index in [2.05, 4.69) is 43.3 Å². The van der Waals surface area contributed by atoms with Crippen LogP contribution in [0.1, 0.15) is 25.1 Å². The zero-order valence-electron chi connectivity index (χ0n) is 15.0. The quantitative estimate of drug-likeness (QED) is 0.795. The summed E-state index contributed by atoms with van der Waals surface area (Å²) in [7, 11) is 4.19. The van der Waals surface area contributed by atoms with E-state index in [1.807, 2.05) is 31.2 Å². The van der Waals surface area contributed by atoms with E-state index in [0.717, 1.165) is 30.0 Å². The third-order valence-corrected chi connectivity index (χ3v) is 4.45. The van der Waals surface area contributed by atoms with Crippen molar-refractivity contribution in [3.8, 4) is 5.69 Å². The molecular weight excluding hydrogens is 343 g/mol. The summed E-state index contributed by atoms with van der Waals surface area (Å²) >= 11 is 12.6. The summed E-state index contributed by atoms with van der Waals surface area (Å²) in [5.41, 5.74) is 3.01. The van der Waals surface area contributed by atoms with Gasteiger partial charge in [0.25, 0.3) is 0 Å². The van der Waals surface area contributed by atoms with Crippen LogP contribution in [0.3, 0.4) is 0 Å². The third-order valence-electron chi connectivity index (χ3n) is 3.82. The average molecular weight is 369 g/mol. The number of hydrogen-bond donors (Lipinski definition) is 1. The molecule has 1 aromatic carbocycles. The Labute approximate surface area is 154 Å². The lowest BCUT2D eigenvalue weighted by Crippen LogP contribution is -2.37. The average Bonchev–Trinajstić information content (AvgIpc) is 2.73.